The van der Waals surface area contributed by atoms with Gasteiger partial charge in [-0.05, 0) is 87.2 Å². The number of nitrogens with zero attached hydrogens (tertiary/aromatic N) is 4. The summed E-state index contributed by atoms with van der Waals surface area (Å²) in [7, 11) is 1.41. The van der Waals surface area contributed by atoms with E-state index in [4.69, 9.17) is 9.47 Å². The van der Waals surface area contributed by atoms with Crippen molar-refractivity contribution in [3.8, 4) is 17.0 Å². The fourth-order valence-electron chi connectivity index (χ4n) is 4.69. The van der Waals surface area contributed by atoms with Crippen LogP contribution in [0.5, 0.6) is 5.75 Å². The minimum Gasteiger partial charge on any atom is -0.496 e. The maximum atomic E-state index is 13.4. The summed E-state index contributed by atoms with van der Waals surface area (Å²) in [5.41, 5.74) is 2.80. The minimum atomic E-state index is -4.50. The Labute approximate surface area is 229 Å². The SMILES string of the molecule is COc1ccc(C(F)(F)F)cc1-c1cccc2nc(Nc3ccc4c(c3)CCN(C(=O)OC(C)(C)C)CC4)nn12. The van der Waals surface area contributed by atoms with Crippen LogP contribution in [0, 0.1) is 0 Å². The third-order valence-electron chi connectivity index (χ3n) is 6.58. The summed E-state index contributed by atoms with van der Waals surface area (Å²) in [5, 5.41) is 7.75. The van der Waals surface area contributed by atoms with Crippen LogP contribution >= 0.6 is 0 Å². The van der Waals surface area contributed by atoms with Crippen LogP contribution in [0.25, 0.3) is 16.9 Å². The summed E-state index contributed by atoms with van der Waals surface area (Å²) >= 11 is 0. The molecule has 4 aromatic rings. The summed E-state index contributed by atoms with van der Waals surface area (Å²) in [4.78, 5) is 18.8. The lowest BCUT2D eigenvalue weighted by atomic mass is 10.0. The number of amides is 1. The van der Waals surface area contributed by atoms with Gasteiger partial charge < -0.3 is 19.7 Å². The van der Waals surface area contributed by atoms with Crippen LogP contribution in [0.2, 0.25) is 0 Å². The van der Waals surface area contributed by atoms with Gasteiger partial charge in [-0.3, -0.25) is 0 Å². The molecule has 1 N–H and O–H groups in total. The van der Waals surface area contributed by atoms with Crippen molar-refractivity contribution >= 4 is 23.4 Å². The third-order valence-corrected chi connectivity index (χ3v) is 6.58. The number of rotatable bonds is 4. The van der Waals surface area contributed by atoms with Crippen LogP contribution in [0.3, 0.4) is 0 Å². The van der Waals surface area contributed by atoms with Crippen molar-refractivity contribution in [3.63, 3.8) is 0 Å². The zero-order valence-electron chi connectivity index (χ0n) is 22.7. The van der Waals surface area contributed by atoms with Crippen LogP contribution in [0.1, 0.15) is 37.5 Å². The number of fused-ring (bicyclic) bond motifs is 2. The number of alkyl halides is 3. The fourth-order valence-corrected chi connectivity index (χ4v) is 4.69. The van der Waals surface area contributed by atoms with Crippen molar-refractivity contribution < 1.29 is 27.4 Å². The number of halogens is 3. The van der Waals surface area contributed by atoms with Gasteiger partial charge in [-0.2, -0.15) is 18.2 Å². The van der Waals surface area contributed by atoms with Gasteiger partial charge in [-0.15, -0.1) is 5.10 Å². The monoisotopic (exact) mass is 553 g/mol. The molecule has 0 saturated carbocycles. The number of carbonyl (C=O) groups excluding carboxylic acids is 1. The predicted molar refractivity (Wildman–Crippen MR) is 145 cm³/mol. The number of nitrogens with one attached hydrogen (secondary N) is 1. The molecule has 0 fully saturated rings. The molecule has 40 heavy (non-hydrogen) atoms. The molecule has 0 spiro atoms. The molecule has 5 rings (SSSR count). The van der Waals surface area contributed by atoms with Crippen molar-refractivity contribution in [2.24, 2.45) is 0 Å². The molecule has 11 heteroatoms. The van der Waals surface area contributed by atoms with E-state index < -0.39 is 17.3 Å². The molecule has 0 atom stereocenters. The highest BCUT2D eigenvalue weighted by atomic mass is 19.4. The molecular weight excluding hydrogens is 523 g/mol. The van der Waals surface area contributed by atoms with Crippen molar-refractivity contribution in [1.29, 1.82) is 0 Å². The van der Waals surface area contributed by atoms with Crippen molar-refractivity contribution in [3.05, 3.63) is 71.3 Å². The van der Waals surface area contributed by atoms with Gasteiger partial charge in [0.05, 0.1) is 18.4 Å². The van der Waals surface area contributed by atoms with Gasteiger partial charge in [0.2, 0.25) is 5.95 Å². The molecule has 0 bridgehead atoms. The number of carbonyl (C=O) groups is 1. The van der Waals surface area contributed by atoms with Crippen LogP contribution in [-0.2, 0) is 23.8 Å². The molecule has 2 aromatic carbocycles. The van der Waals surface area contributed by atoms with Crippen LogP contribution in [0.4, 0.5) is 29.6 Å². The Morgan fingerprint density at radius 1 is 0.975 bits per heavy atom. The van der Waals surface area contributed by atoms with Crippen molar-refractivity contribution in [1.82, 2.24) is 19.5 Å². The van der Waals surface area contributed by atoms with Gasteiger partial charge >= 0.3 is 12.3 Å². The molecule has 210 valence electrons. The number of hydrogen-bond donors (Lipinski definition) is 1. The second-order valence-electron chi connectivity index (χ2n) is 10.6. The molecule has 0 saturated heterocycles. The van der Waals surface area contributed by atoms with E-state index in [2.05, 4.69) is 15.4 Å². The predicted octanol–water partition coefficient (Wildman–Crippen LogP) is 6.50. The lowest BCUT2D eigenvalue weighted by Crippen LogP contribution is -2.38. The lowest BCUT2D eigenvalue weighted by molar-refractivity contribution is -0.137. The summed E-state index contributed by atoms with van der Waals surface area (Å²) in [6, 6.07) is 14.4. The van der Waals surface area contributed by atoms with Gasteiger partial charge in [0.1, 0.15) is 11.4 Å². The highest BCUT2D eigenvalue weighted by Gasteiger charge is 2.32. The molecule has 0 unspecified atom stereocenters. The molecule has 1 aliphatic heterocycles. The van der Waals surface area contributed by atoms with E-state index in [1.165, 1.54) is 17.7 Å². The second-order valence-corrected chi connectivity index (χ2v) is 10.6. The summed E-state index contributed by atoms with van der Waals surface area (Å²) in [6.07, 6.45) is -3.44. The van der Waals surface area contributed by atoms with Gasteiger partial charge in [0.15, 0.2) is 5.65 Å². The Bertz CT molecular complexity index is 1560. The molecule has 1 amide bonds. The maximum absolute atomic E-state index is 13.4. The first-order valence-electron chi connectivity index (χ1n) is 12.9. The first kappa shape index (κ1) is 27.3. The number of pyridine rings is 1. The molecule has 1 aliphatic rings. The number of benzene rings is 2. The zero-order valence-corrected chi connectivity index (χ0v) is 22.7. The topological polar surface area (TPSA) is 81.0 Å². The van der Waals surface area contributed by atoms with E-state index in [1.807, 2.05) is 39.0 Å². The lowest BCUT2D eigenvalue weighted by Gasteiger charge is -2.26. The zero-order chi connectivity index (χ0) is 28.7. The van der Waals surface area contributed by atoms with E-state index in [0.717, 1.165) is 28.9 Å². The molecule has 8 nitrogen and oxygen atoms in total. The summed E-state index contributed by atoms with van der Waals surface area (Å²) in [5.74, 6) is 0.582. The Kier molecular flexibility index (Phi) is 7.07. The molecule has 3 heterocycles. The fraction of sp³-hybridized carbons (Fsp3) is 0.345. The van der Waals surface area contributed by atoms with Crippen molar-refractivity contribution in [2.45, 2.75) is 45.4 Å². The third kappa shape index (κ3) is 5.83. The first-order chi connectivity index (χ1) is 18.9. The number of methoxy groups -OCH3 is 1. The highest BCUT2D eigenvalue weighted by Crippen LogP contribution is 2.37. The van der Waals surface area contributed by atoms with Crippen LogP contribution in [-0.4, -0.2) is 51.4 Å². The minimum absolute atomic E-state index is 0.249. The largest absolute Gasteiger partial charge is 0.496 e. The molecular formula is C29H30F3N5O3. The van der Waals surface area contributed by atoms with E-state index in [9.17, 15) is 18.0 Å². The number of hydrogen-bond acceptors (Lipinski definition) is 6. The first-order valence-corrected chi connectivity index (χ1v) is 12.9. The van der Waals surface area contributed by atoms with Crippen LogP contribution in [0.15, 0.2) is 54.6 Å². The van der Waals surface area contributed by atoms with Gasteiger partial charge in [0, 0.05) is 24.3 Å². The van der Waals surface area contributed by atoms with Crippen molar-refractivity contribution in [2.75, 3.05) is 25.5 Å². The van der Waals surface area contributed by atoms with Gasteiger partial charge in [0.25, 0.3) is 0 Å². The standard InChI is InChI=1S/C29H30F3N5O3/c1-28(2,3)40-27(38)36-14-12-18-8-10-21(16-19(18)13-15-36)33-26-34-25-7-5-6-23(37(25)35-26)22-17-20(29(30,31)32)9-11-24(22)39-4/h5-11,16-17H,12-15H2,1-4H3,(H,33,35). The maximum Gasteiger partial charge on any atom is 0.416 e. The van der Waals surface area contributed by atoms with Gasteiger partial charge in [-0.25, -0.2) is 9.31 Å². The van der Waals surface area contributed by atoms with Crippen LogP contribution < -0.4 is 10.1 Å². The quantitative estimate of drug-likeness (QED) is 0.311. The van der Waals surface area contributed by atoms with E-state index in [1.54, 1.807) is 23.1 Å². The number of aromatic nitrogens is 3. The smallest absolute Gasteiger partial charge is 0.416 e. The molecule has 0 aliphatic carbocycles. The summed E-state index contributed by atoms with van der Waals surface area (Å²) < 4.78 is 52.7. The number of ether oxygens (including phenoxy) is 2. The second kappa shape index (κ2) is 10.4. The average molecular weight is 554 g/mol. The Morgan fingerprint density at radius 3 is 2.42 bits per heavy atom. The van der Waals surface area contributed by atoms with Gasteiger partial charge in [-0.1, -0.05) is 12.1 Å². The van der Waals surface area contributed by atoms with E-state index >= 15 is 0 Å². The molecule has 0 radical (unpaired) electrons. The number of anilines is 2. The normalized spacial score (nSPS) is 14.0. The average Bonchev–Trinajstić information content (AvgIpc) is 3.17. The Balaban J connectivity index is 1.40. The Hall–Kier alpha value is -4.28. The van der Waals surface area contributed by atoms with E-state index in [0.29, 0.717) is 43.2 Å². The summed E-state index contributed by atoms with van der Waals surface area (Å²) in [6.45, 7) is 6.66. The van der Waals surface area contributed by atoms with E-state index in [-0.39, 0.29) is 17.4 Å². The Morgan fingerprint density at radius 2 is 1.73 bits per heavy atom. The molecule has 2 aromatic heterocycles. The highest BCUT2D eigenvalue weighted by molar-refractivity contribution is 5.71.